The van der Waals surface area contributed by atoms with Crippen LogP contribution in [0.3, 0.4) is 0 Å². The zero-order valence-electron chi connectivity index (χ0n) is 14.9. The number of benzene rings is 1. The number of hydrogen-bond acceptors (Lipinski definition) is 4. The van der Waals surface area contributed by atoms with Crippen molar-refractivity contribution in [2.24, 2.45) is 0 Å². The number of hydrogen-bond donors (Lipinski definition) is 2. The average Bonchev–Trinajstić information content (AvgIpc) is 2.57. The number of carbonyl (C=O) groups excluding carboxylic acids is 1. The molecule has 2 rings (SSSR count). The van der Waals surface area contributed by atoms with E-state index in [0.717, 1.165) is 19.4 Å². The number of carbonyl (C=O) groups is 1. The Morgan fingerprint density at radius 3 is 2.68 bits per heavy atom. The fourth-order valence-corrected chi connectivity index (χ4v) is 2.64. The number of rotatable bonds is 9. The van der Waals surface area contributed by atoms with E-state index in [9.17, 15) is 14.4 Å². The molecule has 0 fully saturated rings. The van der Waals surface area contributed by atoms with Gasteiger partial charge >= 0.3 is 5.69 Å². The monoisotopic (exact) mass is 346 g/mol. The first-order valence-corrected chi connectivity index (χ1v) is 8.62. The third kappa shape index (κ3) is 5.56. The van der Waals surface area contributed by atoms with Crippen LogP contribution in [0, 0.1) is 0 Å². The summed E-state index contributed by atoms with van der Waals surface area (Å²) >= 11 is 0. The lowest BCUT2D eigenvalue weighted by Crippen LogP contribution is -2.35. The number of amides is 1. The van der Waals surface area contributed by atoms with Crippen molar-refractivity contribution in [3.8, 4) is 0 Å². The van der Waals surface area contributed by atoms with Gasteiger partial charge in [0.05, 0.1) is 10.9 Å². The van der Waals surface area contributed by atoms with Gasteiger partial charge in [-0.05, 0) is 39.1 Å². The number of aromatic nitrogens is 2. The van der Waals surface area contributed by atoms with Crippen LogP contribution in [0.5, 0.6) is 0 Å². The molecule has 0 radical (unpaired) electrons. The van der Waals surface area contributed by atoms with Crippen molar-refractivity contribution in [1.82, 2.24) is 19.8 Å². The predicted molar refractivity (Wildman–Crippen MR) is 98.9 cm³/mol. The van der Waals surface area contributed by atoms with Crippen molar-refractivity contribution in [3.63, 3.8) is 0 Å². The Morgan fingerprint density at radius 1 is 1.16 bits per heavy atom. The summed E-state index contributed by atoms with van der Waals surface area (Å²) in [6, 6.07) is 6.99. The first kappa shape index (κ1) is 18.9. The van der Waals surface area contributed by atoms with Crippen LogP contribution < -0.4 is 16.6 Å². The summed E-state index contributed by atoms with van der Waals surface area (Å²) in [5.41, 5.74) is -0.0888. The molecule has 0 spiro atoms. The summed E-state index contributed by atoms with van der Waals surface area (Å²) in [7, 11) is 3.92. The molecule has 0 aliphatic rings. The zero-order valence-corrected chi connectivity index (χ0v) is 14.9. The first-order valence-electron chi connectivity index (χ1n) is 8.62. The molecule has 0 aliphatic carbocycles. The third-order valence-electron chi connectivity index (χ3n) is 4.06. The van der Waals surface area contributed by atoms with E-state index < -0.39 is 0 Å². The summed E-state index contributed by atoms with van der Waals surface area (Å²) in [5.74, 6) is 0.0440. The second-order valence-corrected chi connectivity index (χ2v) is 6.40. The molecule has 7 heteroatoms. The highest BCUT2D eigenvalue weighted by Crippen LogP contribution is 2.04. The summed E-state index contributed by atoms with van der Waals surface area (Å²) < 4.78 is 1.24. The van der Waals surface area contributed by atoms with Crippen molar-refractivity contribution in [3.05, 3.63) is 45.1 Å². The summed E-state index contributed by atoms with van der Waals surface area (Å²) in [6.45, 7) is 1.83. The Labute approximate surface area is 146 Å². The van der Waals surface area contributed by atoms with Gasteiger partial charge in [-0.1, -0.05) is 18.6 Å². The van der Waals surface area contributed by atoms with Crippen LogP contribution in [-0.4, -0.2) is 47.5 Å². The maximum absolute atomic E-state index is 12.4. The lowest BCUT2D eigenvalue weighted by molar-refractivity contribution is -0.121. The Balaban J connectivity index is 1.79. The minimum absolute atomic E-state index is 0.0440. The van der Waals surface area contributed by atoms with Crippen LogP contribution in [0.2, 0.25) is 0 Å². The number of aromatic amines is 1. The Bertz CT molecular complexity index is 823. The average molecular weight is 346 g/mol. The van der Waals surface area contributed by atoms with Gasteiger partial charge in [-0.2, -0.15) is 0 Å². The van der Waals surface area contributed by atoms with Gasteiger partial charge in [-0.15, -0.1) is 0 Å². The molecule has 0 unspecified atom stereocenters. The molecule has 136 valence electrons. The van der Waals surface area contributed by atoms with Gasteiger partial charge in [-0.3, -0.25) is 14.2 Å². The topological polar surface area (TPSA) is 87.2 Å². The number of nitrogens with one attached hydrogen (secondary N) is 2. The number of likely N-dealkylation sites (N-methyl/N-ethyl adjacent to an activating group) is 1. The molecule has 2 aromatic rings. The molecule has 1 aromatic carbocycles. The lowest BCUT2D eigenvalue weighted by Gasteiger charge is -2.10. The van der Waals surface area contributed by atoms with Crippen molar-refractivity contribution in [2.75, 3.05) is 27.2 Å². The van der Waals surface area contributed by atoms with Gasteiger partial charge in [0, 0.05) is 26.1 Å². The number of fused-ring (bicyclic) bond motifs is 1. The van der Waals surface area contributed by atoms with Crippen LogP contribution in [0.25, 0.3) is 10.9 Å². The van der Waals surface area contributed by atoms with Crippen molar-refractivity contribution in [2.45, 2.75) is 32.2 Å². The number of nitrogens with zero attached hydrogens (tertiary/aromatic N) is 2. The van der Waals surface area contributed by atoms with Crippen LogP contribution in [-0.2, 0) is 11.3 Å². The maximum atomic E-state index is 12.4. The molecule has 0 atom stereocenters. The van der Waals surface area contributed by atoms with E-state index in [1.807, 2.05) is 19.0 Å². The highest BCUT2D eigenvalue weighted by molar-refractivity contribution is 5.77. The zero-order chi connectivity index (χ0) is 18.2. The SMILES string of the molecule is CN(C)CCNC(=O)CCCCCn1c(=O)[nH]c2ccccc2c1=O. The molecule has 0 bridgehead atoms. The summed E-state index contributed by atoms with van der Waals surface area (Å²) in [6.07, 6.45) is 2.69. The lowest BCUT2D eigenvalue weighted by atomic mass is 10.2. The van der Waals surface area contributed by atoms with Crippen LogP contribution >= 0.6 is 0 Å². The molecule has 7 nitrogen and oxygen atoms in total. The van der Waals surface area contributed by atoms with Gasteiger partial charge in [-0.25, -0.2) is 4.79 Å². The molecule has 1 amide bonds. The van der Waals surface area contributed by atoms with E-state index in [2.05, 4.69) is 10.3 Å². The van der Waals surface area contributed by atoms with Gasteiger partial charge < -0.3 is 15.2 Å². The quantitative estimate of drug-likeness (QED) is 0.661. The fourth-order valence-electron chi connectivity index (χ4n) is 2.64. The van der Waals surface area contributed by atoms with Gasteiger partial charge in [0.2, 0.25) is 5.91 Å². The van der Waals surface area contributed by atoms with Crippen LogP contribution in [0.1, 0.15) is 25.7 Å². The molecular formula is C18H26N4O3. The van der Waals surface area contributed by atoms with E-state index >= 15 is 0 Å². The maximum Gasteiger partial charge on any atom is 0.328 e. The Kier molecular flexibility index (Phi) is 6.94. The van der Waals surface area contributed by atoms with Crippen LogP contribution in [0.4, 0.5) is 0 Å². The normalized spacial score (nSPS) is 11.2. The van der Waals surface area contributed by atoms with E-state index in [1.54, 1.807) is 24.3 Å². The largest absolute Gasteiger partial charge is 0.355 e. The molecule has 0 saturated heterocycles. The van der Waals surface area contributed by atoms with Crippen molar-refractivity contribution < 1.29 is 4.79 Å². The highest BCUT2D eigenvalue weighted by atomic mass is 16.2. The first-order chi connectivity index (χ1) is 12.0. The van der Waals surface area contributed by atoms with Crippen molar-refractivity contribution >= 4 is 16.8 Å². The van der Waals surface area contributed by atoms with Gasteiger partial charge in [0.1, 0.15) is 0 Å². The van der Waals surface area contributed by atoms with Crippen LogP contribution in [0.15, 0.2) is 33.9 Å². The molecular weight excluding hydrogens is 320 g/mol. The molecule has 2 N–H and O–H groups in total. The second-order valence-electron chi connectivity index (χ2n) is 6.40. The molecule has 0 aliphatic heterocycles. The van der Waals surface area contributed by atoms with Gasteiger partial charge in [0.15, 0.2) is 0 Å². The Morgan fingerprint density at radius 2 is 1.92 bits per heavy atom. The molecule has 0 saturated carbocycles. The fraction of sp³-hybridized carbons (Fsp3) is 0.500. The smallest absolute Gasteiger partial charge is 0.328 e. The molecule has 1 aromatic heterocycles. The second kappa shape index (κ2) is 9.17. The Hall–Kier alpha value is -2.41. The summed E-state index contributed by atoms with van der Waals surface area (Å²) in [5, 5.41) is 3.39. The minimum atomic E-state index is -0.384. The number of unbranched alkanes of at least 4 members (excludes halogenated alkanes) is 2. The van der Waals surface area contributed by atoms with E-state index in [1.165, 1.54) is 4.57 Å². The van der Waals surface area contributed by atoms with E-state index in [0.29, 0.717) is 36.8 Å². The van der Waals surface area contributed by atoms with Gasteiger partial charge in [0.25, 0.3) is 5.56 Å². The van der Waals surface area contributed by atoms with E-state index in [-0.39, 0.29) is 17.2 Å². The summed E-state index contributed by atoms with van der Waals surface area (Å²) in [4.78, 5) is 40.8. The minimum Gasteiger partial charge on any atom is -0.355 e. The molecule has 25 heavy (non-hydrogen) atoms. The standard InChI is InChI=1S/C18H26N4O3/c1-21(2)13-11-19-16(23)10-4-3-7-12-22-17(24)14-8-5-6-9-15(14)20-18(22)25/h5-6,8-9H,3-4,7,10-13H2,1-2H3,(H,19,23)(H,20,25). The molecule has 1 heterocycles. The van der Waals surface area contributed by atoms with Crippen molar-refractivity contribution in [1.29, 1.82) is 0 Å². The third-order valence-corrected chi connectivity index (χ3v) is 4.06. The highest BCUT2D eigenvalue weighted by Gasteiger charge is 2.07. The predicted octanol–water partition coefficient (Wildman–Crippen LogP) is 0.928. The number of para-hydroxylation sites is 1. The number of H-pyrrole nitrogens is 1. The van der Waals surface area contributed by atoms with E-state index in [4.69, 9.17) is 0 Å².